The van der Waals surface area contributed by atoms with Crippen molar-refractivity contribution >= 4 is 29.8 Å². The molecule has 0 bridgehead atoms. The number of aryl methyl sites for hydroxylation is 1. The van der Waals surface area contributed by atoms with Gasteiger partial charge in [0.2, 0.25) is 5.91 Å². The number of aliphatic imine (C=N–C) groups is 1. The van der Waals surface area contributed by atoms with Crippen molar-refractivity contribution < 1.29 is 54.6 Å². The molecule has 0 saturated carbocycles. The number of alkyl halides is 6. The van der Waals surface area contributed by atoms with Gasteiger partial charge in [0.25, 0.3) is 0 Å². The van der Waals surface area contributed by atoms with E-state index in [0.29, 0.717) is 35.3 Å². The Balaban J connectivity index is 1.82. The number of ether oxygens (including phenoxy) is 2. The fraction of sp³-hybridized carbons (Fsp3) is 0.514. The molecule has 0 spiro atoms. The Morgan fingerprint density at radius 2 is 1.48 bits per heavy atom. The fourth-order valence-corrected chi connectivity index (χ4v) is 6.79. The van der Waals surface area contributed by atoms with Crippen LogP contribution < -0.4 is 0 Å². The molecule has 8 nitrogen and oxygen atoms in total. The summed E-state index contributed by atoms with van der Waals surface area (Å²) in [6.07, 6.45) is -9.13. The average molecular weight is 742 g/mol. The summed E-state index contributed by atoms with van der Waals surface area (Å²) in [5.74, 6) is -2.06. The molecule has 2 aliphatic heterocycles. The lowest BCUT2D eigenvalue weighted by atomic mass is 9.81. The van der Waals surface area contributed by atoms with E-state index >= 15 is 0 Å². The van der Waals surface area contributed by atoms with E-state index in [1.54, 1.807) is 34.6 Å². The molecule has 2 amide bonds. The van der Waals surface area contributed by atoms with E-state index in [0.717, 1.165) is 4.90 Å². The molecule has 15 heteroatoms. The molecule has 3 atom stereocenters. The molecule has 1 saturated heterocycles. The number of methoxy groups -OCH3 is 1. The number of dihydropyridines is 1. The van der Waals surface area contributed by atoms with E-state index in [-0.39, 0.29) is 24.6 Å². The Morgan fingerprint density at radius 3 is 1.98 bits per heavy atom. The first-order valence-corrected chi connectivity index (χ1v) is 16.4. The molecule has 0 N–H and O–H groups in total. The van der Waals surface area contributed by atoms with Gasteiger partial charge in [0, 0.05) is 13.3 Å². The summed E-state index contributed by atoms with van der Waals surface area (Å²) in [4.78, 5) is 48.0. The minimum atomic E-state index is -5.13. The third-order valence-corrected chi connectivity index (χ3v) is 9.58. The van der Waals surface area contributed by atoms with Crippen molar-refractivity contribution in [2.75, 3.05) is 14.2 Å². The largest absolute Gasteiger partial charge is 0.467 e. The van der Waals surface area contributed by atoms with E-state index < -0.39 is 81.5 Å². The number of allylic oxidation sites excluding steroid dienone is 1. The molecule has 284 valence electrons. The van der Waals surface area contributed by atoms with Crippen molar-refractivity contribution in [1.29, 1.82) is 0 Å². The third kappa shape index (κ3) is 7.97. The van der Waals surface area contributed by atoms with Crippen molar-refractivity contribution in [1.82, 2.24) is 9.80 Å². The summed E-state index contributed by atoms with van der Waals surface area (Å²) in [5.41, 5.74) is -6.34. The van der Waals surface area contributed by atoms with Crippen molar-refractivity contribution in [3.63, 3.8) is 0 Å². The molecule has 1 fully saturated rings. The number of carbonyl (C=O) groups is 3. The second-order valence-electron chi connectivity index (χ2n) is 14.9. The number of hydrogen-bond acceptors (Lipinski definition) is 6. The molecule has 4 rings (SSSR count). The van der Waals surface area contributed by atoms with E-state index in [4.69, 9.17) is 14.5 Å². The van der Waals surface area contributed by atoms with Crippen LogP contribution in [0, 0.1) is 12.7 Å². The minimum Gasteiger partial charge on any atom is -0.467 e. The second kappa shape index (κ2) is 13.8. The molecule has 2 aliphatic rings. The van der Waals surface area contributed by atoms with Gasteiger partial charge < -0.3 is 14.4 Å². The maximum Gasteiger partial charge on any atom is 0.416 e. The second-order valence-corrected chi connectivity index (χ2v) is 14.9. The topological polar surface area (TPSA) is 88.5 Å². The van der Waals surface area contributed by atoms with Gasteiger partial charge in [-0.25, -0.2) is 14.0 Å². The maximum absolute atomic E-state index is 14.3. The first-order valence-electron chi connectivity index (χ1n) is 16.4. The molecule has 0 aromatic heterocycles. The predicted molar refractivity (Wildman–Crippen MR) is 179 cm³/mol. The van der Waals surface area contributed by atoms with Gasteiger partial charge in [-0.1, -0.05) is 6.07 Å². The van der Waals surface area contributed by atoms with Crippen LogP contribution in [0.15, 0.2) is 47.1 Å². The summed E-state index contributed by atoms with van der Waals surface area (Å²) in [5, 5.41) is 0. The molecule has 1 unspecified atom stereocenters. The van der Waals surface area contributed by atoms with Crippen LogP contribution in [0.1, 0.15) is 88.6 Å². The molecule has 0 aliphatic carbocycles. The number of esters is 1. The average Bonchev–Trinajstić information content (AvgIpc) is 3.40. The van der Waals surface area contributed by atoms with E-state index in [1.165, 1.54) is 57.3 Å². The summed E-state index contributed by atoms with van der Waals surface area (Å²) >= 11 is 0. The normalized spacial score (nSPS) is 21.3. The molecular formula is C37H42F7N3O5. The van der Waals surface area contributed by atoms with Crippen molar-refractivity contribution in [3.8, 4) is 0 Å². The lowest BCUT2D eigenvalue weighted by Crippen LogP contribution is -2.57. The Kier molecular flexibility index (Phi) is 10.7. The van der Waals surface area contributed by atoms with Crippen molar-refractivity contribution in [2.24, 2.45) is 4.99 Å². The number of likely N-dealkylation sites (N-methyl/N-ethyl adjacent to an activating group) is 1. The Labute approximate surface area is 297 Å². The predicted octanol–water partition coefficient (Wildman–Crippen LogP) is 8.49. The smallest absolute Gasteiger partial charge is 0.416 e. The van der Waals surface area contributed by atoms with Crippen LogP contribution in [0.5, 0.6) is 0 Å². The number of benzene rings is 2. The number of likely N-dealkylation sites (tertiary alicyclic amines) is 1. The van der Waals surface area contributed by atoms with Crippen LogP contribution >= 0.6 is 0 Å². The van der Waals surface area contributed by atoms with Crippen molar-refractivity contribution in [2.45, 2.75) is 109 Å². The van der Waals surface area contributed by atoms with Crippen LogP contribution in [0.2, 0.25) is 0 Å². The highest BCUT2D eigenvalue weighted by atomic mass is 19.4. The number of hydrogen-bond donors (Lipinski definition) is 0. The zero-order valence-corrected chi connectivity index (χ0v) is 30.3. The Morgan fingerprint density at radius 1 is 0.923 bits per heavy atom. The van der Waals surface area contributed by atoms with Gasteiger partial charge in [-0.15, -0.1) is 0 Å². The molecule has 2 aromatic rings. The monoisotopic (exact) mass is 741 g/mol. The van der Waals surface area contributed by atoms with Gasteiger partial charge in [-0.2, -0.15) is 26.3 Å². The molecule has 0 radical (unpaired) electrons. The van der Waals surface area contributed by atoms with Gasteiger partial charge in [0.15, 0.2) is 0 Å². The quantitative estimate of drug-likeness (QED) is 0.219. The minimum absolute atomic E-state index is 0.00554. The first kappa shape index (κ1) is 40.3. The summed E-state index contributed by atoms with van der Waals surface area (Å²) < 4.78 is 107. The molecular weight excluding hydrogens is 699 g/mol. The van der Waals surface area contributed by atoms with E-state index in [1.807, 2.05) is 0 Å². The highest BCUT2D eigenvalue weighted by Crippen LogP contribution is 2.44. The molecule has 2 heterocycles. The highest BCUT2D eigenvalue weighted by molar-refractivity contribution is 6.00. The van der Waals surface area contributed by atoms with Crippen molar-refractivity contribution in [3.05, 3.63) is 75.7 Å². The SMILES string of the molecule is COC(=O)[C@@]1(C)CC[C@H](C2CC(c3ccc(F)cc3C)=C(N(C)C(=O)C(C)(C)c3cc(C(F)(F)F)cc(C(F)(F)F)c3)C=N2)N1C(=O)OC(C)(C)C. The standard InChI is InChI=1S/C37H42F7N3O5/c1-20-14-24(38)10-11-25(20)26-18-27(28-12-13-35(7,31(49)51-9)47(28)32(50)52-33(2,3)4)45-19-29(26)46(8)30(48)34(5,6)21-15-22(36(39,40)41)17-23(16-21)37(42,43)44/h10-11,14-17,19,27-28H,12-13,18H2,1-9H3/t27?,28-,35-/m1/s1. The number of amides is 2. The van der Waals surface area contributed by atoms with Gasteiger partial charge >= 0.3 is 24.4 Å². The van der Waals surface area contributed by atoms with E-state index in [2.05, 4.69) is 0 Å². The number of rotatable bonds is 6. The van der Waals surface area contributed by atoms with Crippen LogP contribution in [0.25, 0.3) is 5.57 Å². The van der Waals surface area contributed by atoms with Crippen LogP contribution in [-0.4, -0.2) is 71.4 Å². The summed E-state index contributed by atoms with van der Waals surface area (Å²) in [7, 11) is 2.52. The van der Waals surface area contributed by atoms with Gasteiger partial charge in [-0.3, -0.25) is 14.7 Å². The third-order valence-electron chi connectivity index (χ3n) is 9.58. The summed E-state index contributed by atoms with van der Waals surface area (Å²) in [6.45, 7) is 10.7. The lowest BCUT2D eigenvalue weighted by molar-refractivity contribution is -0.153. The van der Waals surface area contributed by atoms with Gasteiger partial charge in [-0.05, 0) is 120 Å². The number of halogens is 7. The summed E-state index contributed by atoms with van der Waals surface area (Å²) in [6, 6.07) is 3.56. The van der Waals surface area contributed by atoms with Crippen LogP contribution in [0.3, 0.4) is 0 Å². The zero-order valence-electron chi connectivity index (χ0n) is 30.3. The van der Waals surface area contributed by atoms with Gasteiger partial charge in [0.1, 0.15) is 17.0 Å². The molecule has 52 heavy (non-hydrogen) atoms. The Bertz CT molecular complexity index is 1780. The van der Waals surface area contributed by atoms with Crippen LogP contribution in [0.4, 0.5) is 35.5 Å². The van der Waals surface area contributed by atoms with E-state index in [9.17, 15) is 45.1 Å². The fourth-order valence-electron chi connectivity index (χ4n) is 6.79. The zero-order chi connectivity index (χ0) is 39.4. The molecule has 2 aromatic carbocycles. The Hall–Kier alpha value is -4.43. The number of nitrogens with zero attached hydrogens (tertiary/aromatic N) is 3. The van der Waals surface area contributed by atoms with Crippen LogP contribution in [-0.2, 0) is 36.8 Å². The first-order chi connectivity index (χ1) is 23.7. The number of carbonyl (C=O) groups excluding carboxylic acids is 3. The lowest BCUT2D eigenvalue weighted by Gasteiger charge is -2.40. The van der Waals surface area contributed by atoms with Gasteiger partial charge in [0.05, 0.1) is 41.4 Å². The highest BCUT2D eigenvalue weighted by Gasteiger charge is 2.55. The maximum atomic E-state index is 14.3.